The number of para-hydroxylation sites is 4. The molecule has 0 amide bonds. The molecule has 0 fully saturated rings. The second-order valence-corrected chi connectivity index (χ2v) is 14.9. The number of hydrogen-bond donors (Lipinski definition) is 1. The molecule has 0 aliphatic carbocycles. The molecule has 0 aliphatic rings. The number of imidazole rings is 1. The van der Waals surface area contributed by atoms with Crippen molar-refractivity contribution in [3.63, 3.8) is 0 Å². The van der Waals surface area contributed by atoms with Gasteiger partial charge in [-0.25, -0.2) is 9.97 Å². The van der Waals surface area contributed by atoms with Crippen LogP contribution in [0, 0.1) is 0 Å². The topological polar surface area (TPSA) is 51.4 Å². The van der Waals surface area contributed by atoms with E-state index in [1.165, 1.54) is 38.2 Å². The van der Waals surface area contributed by atoms with Gasteiger partial charge in [0.05, 0.1) is 27.6 Å². The number of fused-ring (bicyclic) bond motifs is 7. The highest BCUT2D eigenvalue weighted by Gasteiger charge is 2.23. The Morgan fingerprint density at radius 3 is 2.07 bits per heavy atom. The van der Waals surface area contributed by atoms with Crippen LogP contribution in [0.2, 0.25) is 0 Å². The number of hydrogen-bond acceptors (Lipinski definition) is 2. The van der Waals surface area contributed by atoms with Crippen molar-refractivity contribution in [3.05, 3.63) is 182 Å². The van der Waals surface area contributed by atoms with Crippen LogP contribution in [0.25, 0.3) is 99.8 Å². The summed E-state index contributed by atoms with van der Waals surface area (Å²) >= 11 is 0. The first-order chi connectivity index (χ1) is 27.6. The van der Waals surface area contributed by atoms with Gasteiger partial charge in [-0.3, -0.25) is 9.13 Å². The van der Waals surface area contributed by atoms with Crippen molar-refractivity contribution in [3.8, 4) is 45.1 Å². The van der Waals surface area contributed by atoms with Gasteiger partial charge in [-0.05, 0) is 82.8 Å². The Kier molecular flexibility index (Phi) is 7.29. The average Bonchev–Trinajstić information content (AvgIpc) is 3.94. The number of aromatic amines is 1. The average molecular weight is 720 g/mol. The Morgan fingerprint density at radius 2 is 1.25 bits per heavy atom. The minimum Gasteiger partial charge on any atom is -0.354 e. The smallest absolute Gasteiger partial charge is 0.147 e. The Bertz CT molecular complexity index is 3260. The zero-order valence-corrected chi connectivity index (χ0v) is 31.1. The molecule has 11 rings (SSSR count). The monoisotopic (exact) mass is 719 g/mol. The van der Waals surface area contributed by atoms with Gasteiger partial charge in [-0.2, -0.15) is 0 Å². The van der Waals surface area contributed by atoms with Crippen LogP contribution in [0.1, 0.15) is 25.3 Å². The number of H-pyrrole nitrogens is 1. The SMILES string of the molecule is CC(C)c1cc(-c2ccccc2)cc2c1c1ccc(-c3cccc4c3nc(-c3cccc5c3[nH]c3ccccc35)n4-c3ccccc3)cc1n2-c1ccccn1. The maximum absolute atomic E-state index is 5.57. The van der Waals surface area contributed by atoms with Crippen LogP contribution in [0.4, 0.5) is 0 Å². The van der Waals surface area contributed by atoms with Gasteiger partial charge in [0.15, 0.2) is 0 Å². The lowest BCUT2D eigenvalue weighted by Gasteiger charge is -2.13. The van der Waals surface area contributed by atoms with Crippen LogP contribution in [0.15, 0.2) is 176 Å². The first kappa shape index (κ1) is 32.2. The van der Waals surface area contributed by atoms with Crippen molar-refractivity contribution in [2.45, 2.75) is 19.8 Å². The molecule has 266 valence electrons. The minimum absolute atomic E-state index is 0.319. The first-order valence-corrected chi connectivity index (χ1v) is 19.3. The van der Waals surface area contributed by atoms with Gasteiger partial charge in [0.1, 0.15) is 11.6 Å². The van der Waals surface area contributed by atoms with E-state index >= 15 is 0 Å². The Hall–Kier alpha value is -7.24. The number of rotatable bonds is 6. The van der Waals surface area contributed by atoms with Crippen molar-refractivity contribution in [1.29, 1.82) is 0 Å². The van der Waals surface area contributed by atoms with Gasteiger partial charge >= 0.3 is 0 Å². The molecule has 0 radical (unpaired) electrons. The predicted molar refractivity (Wildman–Crippen MR) is 233 cm³/mol. The van der Waals surface area contributed by atoms with Gasteiger partial charge in [0.2, 0.25) is 0 Å². The molecule has 0 aliphatic heterocycles. The molecule has 4 aromatic heterocycles. The summed E-state index contributed by atoms with van der Waals surface area (Å²) in [6.07, 6.45) is 1.88. The van der Waals surface area contributed by atoms with Crippen molar-refractivity contribution in [2.24, 2.45) is 0 Å². The van der Waals surface area contributed by atoms with E-state index < -0.39 is 0 Å². The Morgan fingerprint density at radius 1 is 0.518 bits per heavy atom. The molecule has 0 saturated heterocycles. The van der Waals surface area contributed by atoms with Crippen LogP contribution in [-0.2, 0) is 0 Å². The molecule has 0 saturated carbocycles. The number of pyridine rings is 1. The number of nitrogens with one attached hydrogen (secondary N) is 1. The molecule has 5 nitrogen and oxygen atoms in total. The third kappa shape index (κ3) is 4.94. The fraction of sp³-hybridized carbons (Fsp3) is 0.0588. The first-order valence-electron chi connectivity index (χ1n) is 19.3. The van der Waals surface area contributed by atoms with Gasteiger partial charge in [0, 0.05) is 50.1 Å². The molecular formula is C51H37N5. The Labute approximate surface area is 324 Å². The van der Waals surface area contributed by atoms with Gasteiger partial charge < -0.3 is 4.98 Å². The summed E-state index contributed by atoms with van der Waals surface area (Å²) in [4.78, 5) is 14.2. The van der Waals surface area contributed by atoms with Crippen molar-refractivity contribution >= 4 is 54.6 Å². The summed E-state index contributed by atoms with van der Waals surface area (Å²) in [5.74, 6) is 2.11. The highest BCUT2D eigenvalue weighted by Crippen LogP contribution is 2.43. The maximum atomic E-state index is 5.57. The van der Waals surface area contributed by atoms with E-state index in [2.05, 4.69) is 192 Å². The van der Waals surface area contributed by atoms with Crippen molar-refractivity contribution < 1.29 is 0 Å². The van der Waals surface area contributed by atoms with E-state index in [1.807, 2.05) is 12.3 Å². The van der Waals surface area contributed by atoms with E-state index in [0.717, 1.165) is 67.1 Å². The predicted octanol–water partition coefficient (Wildman–Crippen LogP) is 13.3. The van der Waals surface area contributed by atoms with E-state index in [4.69, 9.17) is 9.97 Å². The molecule has 56 heavy (non-hydrogen) atoms. The molecule has 4 heterocycles. The second-order valence-electron chi connectivity index (χ2n) is 14.9. The van der Waals surface area contributed by atoms with Crippen molar-refractivity contribution in [2.75, 3.05) is 0 Å². The second kappa shape index (κ2) is 12.7. The summed E-state index contributed by atoms with van der Waals surface area (Å²) in [6, 6.07) is 60.7. The van der Waals surface area contributed by atoms with Gasteiger partial charge in [0.25, 0.3) is 0 Å². The van der Waals surface area contributed by atoms with Gasteiger partial charge in [-0.15, -0.1) is 0 Å². The normalized spacial score (nSPS) is 11.9. The quantitative estimate of drug-likeness (QED) is 0.186. The molecular weight excluding hydrogens is 683 g/mol. The molecule has 5 heteroatoms. The largest absolute Gasteiger partial charge is 0.354 e. The molecule has 11 aromatic rings. The fourth-order valence-electron chi connectivity index (χ4n) is 8.74. The lowest BCUT2D eigenvalue weighted by atomic mass is 9.92. The molecule has 0 spiro atoms. The molecule has 1 N–H and O–H groups in total. The van der Waals surface area contributed by atoms with E-state index in [9.17, 15) is 0 Å². The van der Waals surface area contributed by atoms with Gasteiger partial charge in [-0.1, -0.05) is 129 Å². The summed E-state index contributed by atoms with van der Waals surface area (Å²) in [7, 11) is 0. The van der Waals surface area contributed by atoms with Crippen molar-refractivity contribution in [1.82, 2.24) is 24.1 Å². The fourth-order valence-corrected chi connectivity index (χ4v) is 8.74. The number of nitrogens with zero attached hydrogens (tertiary/aromatic N) is 4. The summed E-state index contributed by atoms with van der Waals surface area (Å²) in [6.45, 7) is 4.58. The molecule has 0 bridgehead atoms. The summed E-state index contributed by atoms with van der Waals surface area (Å²) in [5.41, 5.74) is 14.5. The van der Waals surface area contributed by atoms with Crippen LogP contribution >= 0.6 is 0 Å². The van der Waals surface area contributed by atoms with E-state index in [-0.39, 0.29) is 0 Å². The third-order valence-corrected chi connectivity index (χ3v) is 11.3. The lowest BCUT2D eigenvalue weighted by molar-refractivity contribution is 0.877. The lowest BCUT2D eigenvalue weighted by Crippen LogP contribution is -1.98. The van der Waals surface area contributed by atoms with Crippen LogP contribution < -0.4 is 0 Å². The zero-order chi connectivity index (χ0) is 37.3. The van der Waals surface area contributed by atoms with E-state index in [1.54, 1.807) is 0 Å². The van der Waals surface area contributed by atoms with Crippen LogP contribution in [-0.4, -0.2) is 24.1 Å². The highest BCUT2D eigenvalue weighted by atomic mass is 15.1. The zero-order valence-electron chi connectivity index (χ0n) is 31.1. The van der Waals surface area contributed by atoms with Crippen LogP contribution in [0.5, 0.6) is 0 Å². The summed E-state index contributed by atoms with van der Waals surface area (Å²) in [5, 5.41) is 4.88. The molecule has 7 aromatic carbocycles. The highest BCUT2D eigenvalue weighted by molar-refractivity contribution is 6.14. The minimum atomic E-state index is 0.319. The number of benzene rings is 7. The number of aromatic nitrogens is 5. The van der Waals surface area contributed by atoms with E-state index in [0.29, 0.717) is 5.92 Å². The Balaban J connectivity index is 1.19. The van der Waals surface area contributed by atoms with Crippen LogP contribution in [0.3, 0.4) is 0 Å². The maximum Gasteiger partial charge on any atom is 0.147 e. The molecule has 0 unspecified atom stereocenters. The standard InChI is InChI=1S/C51H37N5/c1-32(2)42-29-35(33-15-5-3-6-16-33)31-46-48(42)40-27-26-34(30-45(40)56(46)47-25-11-12-28-52-47)37-20-14-24-44-50(37)54-51(55(44)36-17-7-4-8-18-36)41-22-13-21-39-38-19-9-10-23-43(38)53-49(39)41/h3-32,53H,1-2H3. The molecule has 0 atom stereocenters. The third-order valence-electron chi connectivity index (χ3n) is 11.3. The summed E-state index contributed by atoms with van der Waals surface area (Å²) < 4.78 is 4.65.